The quantitative estimate of drug-likeness (QED) is 0.886. The molecule has 3 rings (SSSR count). The second kappa shape index (κ2) is 7.66. The molecule has 24 heavy (non-hydrogen) atoms. The van der Waals surface area contributed by atoms with Crippen LogP contribution < -0.4 is 15.0 Å². The van der Waals surface area contributed by atoms with Crippen molar-refractivity contribution in [2.24, 2.45) is 0 Å². The van der Waals surface area contributed by atoms with Crippen LogP contribution in [-0.4, -0.2) is 55.5 Å². The number of hydrogen-bond acceptors (Lipinski definition) is 4. The van der Waals surface area contributed by atoms with Crippen molar-refractivity contribution in [2.75, 3.05) is 37.7 Å². The molecule has 1 atom stereocenters. The number of para-hydroxylation sites is 2. The topological polar surface area (TPSA) is 61.9 Å². The second-order valence-corrected chi connectivity index (χ2v) is 6.47. The van der Waals surface area contributed by atoms with Crippen LogP contribution in [0.5, 0.6) is 5.75 Å². The number of fused-ring (bicyclic) bond motifs is 1. The van der Waals surface area contributed by atoms with Gasteiger partial charge in [0.15, 0.2) is 6.61 Å². The molecule has 0 radical (unpaired) electrons. The molecule has 2 aliphatic rings. The predicted molar refractivity (Wildman–Crippen MR) is 92.2 cm³/mol. The number of nitrogens with one attached hydrogen (secondary N) is 1. The third-order valence-corrected chi connectivity index (χ3v) is 4.77. The Hall–Kier alpha value is -2.08. The van der Waals surface area contributed by atoms with Crippen LogP contribution in [0, 0.1) is 0 Å². The van der Waals surface area contributed by atoms with Gasteiger partial charge in [-0.15, -0.1) is 0 Å². The molecule has 1 N–H and O–H groups in total. The Balaban J connectivity index is 1.50. The lowest BCUT2D eigenvalue weighted by atomic mass is 10.0. The number of hydrogen-bond donors (Lipinski definition) is 1. The fourth-order valence-electron chi connectivity index (χ4n) is 3.36. The Morgan fingerprint density at radius 2 is 2.17 bits per heavy atom. The maximum Gasteiger partial charge on any atom is 0.265 e. The minimum absolute atomic E-state index is 0.0183. The van der Waals surface area contributed by atoms with E-state index < -0.39 is 0 Å². The summed E-state index contributed by atoms with van der Waals surface area (Å²) in [5.74, 6) is 0.324. The fraction of sp³-hybridized carbons (Fsp3) is 0.556. The number of benzene rings is 1. The molecule has 6 nitrogen and oxygen atoms in total. The molecule has 1 fully saturated rings. The van der Waals surface area contributed by atoms with E-state index in [9.17, 15) is 9.59 Å². The van der Waals surface area contributed by atoms with Crippen LogP contribution in [-0.2, 0) is 9.59 Å². The highest BCUT2D eigenvalue weighted by Crippen LogP contribution is 2.31. The second-order valence-electron chi connectivity index (χ2n) is 6.47. The molecule has 0 bridgehead atoms. The molecule has 1 aromatic rings. The minimum atomic E-state index is -0.187. The van der Waals surface area contributed by atoms with Gasteiger partial charge in [-0.05, 0) is 38.4 Å². The first-order valence-electron chi connectivity index (χ1n) is 8.68. The number of rotatable bonds is 5. The molecule has 0 aromatic heterocycles. The SMILES string of the molecule is C[C@H]1CCCCN1CCNC(=O)CN1C(=O)COc2ccccc21. The van der Waals surface area contributed by atoms with Crippen LogP contribution >= 0.6 is 0 Å². The van der Waals surface area contributed by atoms with E-state index in [-0.39, 0.29) is 25.0 Å². The maximum absolute atomic E-state index is 12.2. The molecule has 130 valence electrons. The number of amides is 2. The Kier molecular flexibility index (Phi) is 5.35. The lowest BCUT2D eigenvalue weighted by molar-refractivity contribution is -0.125. The highest BCUT2D eigenvalue weighted by atomic mass is 16.5. The lowest BCUT2D eigenvalue weighted by Crippen LogP contribution is -2.47. The highest BCUT2D eigenvalue weighted by molar-refractivity contribution is 6.02. The first-order valence-corrected chi connectivity index (χ1v) is 8.68. The van der Waals surface area contributed by atoms with Crippen molar-refractivity contribution in [3.8, 4) is 5.75 Å². The number of nitrogens with zero attached hydrogens (tertiary/aromatic N) is 2. The zero-order chi connectivity index (χ0) is 16.9. The molecule has 0 spiro atoms. The monoisotopic (exact) mass is 331 g/mol. The molecule has 1 saturated heterocycles. The maximum atomic E-state index is 12.2. The van der Waals surface area contributed by atoms with Crippen LogP contribution in [0.2, 0.25) is 0 Å². The standard InChI is InChI=1S/C18H25N3O3/c1-14-6-4-5-10-20(14)11-9-19-17(22)12-21-15-7-2-3-8-16(15)24-13-18(21)23/h2-3,7-8,14H,4-6,9-13H2,1H3,(H,19,22)/t14-/m0/s1. The van der Waals surface area contributed by atoms with Crippen molar-refractivity contribution in [2.45, 2.75) is 32.2 Å². The summed E-state index contributed by atoms with van der Waals surface area (Å²) in [5.41, 5.74) is 0.661. The van der Waals surface area contributed by atoms with E-state index in [4.69, 9.17) is 4.74 Å². The van der Waals surface area contributed by atoms with Crippen molar-refractivity contribution >= 4 is 17.5 Å². The molecule has 0 aliphatic carbocycles. The molecule has 0 unspecified atom stereocenters. The van der Waals surface area contributed by atoms with E-state index in [0.29, 0.717) is 24.0 Å². The summed E-state index contributed by atoms with van der Waals surface area (Å²) >= 11 is 0. The number of anilines is 1. The largest absolute Gasteiger partial charge is 0.482 e. The van der Waals surface area contributed by atoms with Gasteiger partial charge in [-0.1, -0.05) is 18.6 Å². The molecular formula is C18H25N3O3. The number of likely N-dealkylation sites (tertiary alicyclic amines) is 1. The molecule has 0 saturated carbocycles. The summed E-state index contributed by atoms with van der Waals surface area (Å²) in [6.07, 6.45) is 3.76. The van der Waals surface area contributed by atoms with Crippen LogP contribution in [0.3, 0.4) is 0 Å². The predicted octanol–water partition coefficient (Wildman–Crippen LogP) is 1.40. The van der Waals surface area contributed by atoms with E-state index in [1.165, 1.54) is 24.2 Å². The van der Waals surface area contributed by atoms with Gasteiger partial charge in [0.1, 0.15) is 12.3 Å². The summed E-state index contributed by atoms with van der Waals surface area (Å²) in [7, 11) is 0. The van der Waals surface area contributed by atoms with Gasteiger partial charge < -0.3 is 10.1 Å². The first kappa shape index (κ1) is 16.8. The number of ether oxygens (including phenoxy) is 1. The zero-order valence-corrected chi connectivity index (χ0v) is 14.2. The van der Waals surface area contributed by atoms with Gasteiger partial charge in [-0.25, -0.2) is 0 Å². The summed E-state index contributed by atoms with van der Waals surface area (Å²) in [6, 6.07) is 7.89. The van der Waals surface area contributed by atoms with Gasteiger partial charge in [0, 0.05) is 19.1 Å². The smallest absolute Gasteiger partial charge is 0.265 e. The van der Waals surface area contributed by atoms with Crippen molar-refractivity contribution in [1.82, 2.24) is 10.2 Å². The first-order chi connectivity index (χ1) is 11.6. The van der Waals surface area contributed by atoms with E-state index in [2.05, 4.69) is 17.1 Å². The van der Waals surface area contributed by atoms with E-state index in [1.807, 2.05) is 18.2 Å². The van der Waals surface area contributed by atoms with Gasteiger partial charge in [0.25, 0.3) is 5.91 Å². The number of piperidine rings is 1. The van der Waals surface area contributed by atoms with Gasteiger partial charge in [-0.3, -0.25) is 19.4 Å². The van der Waals surface area contributed by atoms with Crippen molar-refractivity contribution in [3.05, 3.63) is 24.3 Å². The molecular weight excluding hydrogens is 306 g/mol. The van der Waals surface area contributed by atoms with Crippen molar-refractivity contribution in [1.29, 1.82) is 0 Å². The minimum Gasteiger partial charge on any atom is -0.482 e. The van der Waals surface area contributed by atoms with Crippen LogP contribution in [0.15, 0.2) is 24.3 Å². The summed E-state index contributed by atoms with van der Waals surface area (Å²) in [5, 5.41) is 2.93. The third kappa shape index (κ3) is 3.87. The summed E-state index contributed by atoms with van der Waals surface area (Å²) < 4.78 is 5.39. The van der Waals surface area contributed by atoms with Gasteiger partial charge in [-0.2, -0.15) is 0 Å². The van der Waals surface area contributed by atoms with E-state index in [1.54, 1.807) is 6.07 Å². The Labute approximate surface area is 142 Å². The summed E-state index contributed by atoms with van der Waals surface area (Å²) in [6.45, 7) is 4.84. The average molecular weight is 331 g/mol. The van der Waals surface area contributed by atoms with Crippen LogP contribution in [0.4, 0.5) is 5.69 Å². The van der Waals surface area contributed by atoms with Crippen LogP contribution in [0.1, 0.15) is 26.2 Å². The Bertz CT molecular complexity index is 605. The average Bonchev–Trinajstić information content (AvgIpc) is 2.59. The molecule has 2 aliphatic heterocycles. The van der Waals surface area contributed by atoms with E-state index in [0.717, 1.165) is 13.1 Å². The van der Waals surface area contributed by atoms with Crippen LogP contribution in [0.25, 0.3) is 0 Å². The number of carbonyl (C=O) groups excluding carboxylic acids is 2. The Morgan fingerprint density at radius 1 is 1.33 bits per heavy atom. The molecule has 6 heteroatoms. The van der Waals surface area contributed by atoms with Crippen molar-refractivity contribution < 1.29 is 14.3 Å². The summed E-state index contributed by atoms with van der Waals surface area (Å²) in [4.78, 5) is 28.2. The van der Waals surface area contributed by atoms with Crippen molar-refractivity contribution in [3.63, 3.8) is 0 Å². The lowest BCUT2D eigenvalue weighted by Gasteiger charge is -2.33. The zero-order valence-electron chi connectivity index (χ0n) is 14.2. The van der Waals surface area contributed by atoms with Gasteiger partial charge >= 0.3 is 0 Å². The normalized spacial score (nSPS) is 21.1. The number of carbonyl (C=O) groups is 2. The molecule has 2 heterocycles. The molecule has 1 aromatic carbocycles. The Morgan fingerprint density at radius 3 is 3.00 bits per heavy atom. The fourth-order valence-corrected chi connectivity index (χ4v) is 3.36. The van der Waals surface area contributed by atoms with Gasteiger partial charge in [0.2, 0.25) is 5.91 Å². The third-order valence-electron chi connectivity index (χ3n) is 4.77. The highest BCUT2D eigenvalue weighted by Gasteiger charge is 2.27. The van der Waals surface area contributed by atoms with Gasteiger partial charge in [0.05, 0.1) is 5.69 Å². The van der Waals surface area contributed by atoms with E-state index >= 15 is 0 Å². The molecule has 2 amide bonds.